The number of rotatable bonds is 2. The molecule has 4 heteroatoms. The van der Waals surface area contributed by atoms with Gasteiger partial charge in [0, 0.05) is 26.2 Å². The van der Waals surface area contributed by atoms with Crippen LogP contribution in [0.5, 0.6) is 5.75 Å². The zero-order chi connectivity index (χ0) is 14.8. The quantitative estimate of drug-likeness (QED) is 0.920. The molecule has 3 rings (SSSR count). The van der Waals surface area contributed by atoms with Crippen LogP contribution in [-0.2, 0) is 0 Å². The van der Waals surface area contributed by atoms with Crippen molar-refractivity contribution in [1.82, 2.24) is 9.80 Å². The van der Waals surface area contributed by atoms with Crippen molar-refractivity contribution >= 4 is 16.7 Å². The van der Waals surface area contributed by atoms with Gasteiger partial charge < -0.3 is 14.9 Å². The number of phenolic OH excluding ortho intramolecular Hbond substituents is 1. The lowest BCUT2D eigenvalue weighted by Crippen LogP contribution is -2.48. The van der Waals surface area contributed by atoms with E-state index in [9.17, 15) is 9.90 Å². The number of piperazine rings is 1. The number of amides is 1. The van der Waals surface area contributed by atoms with E-state index in [1.54, 1.807) is 12.1 Å². The number of likely N-dealkylation sites (N-methyl/N-ethyl adjacent to an activating group) is 1. The first kappa shape index (κ1) is 13.9. The average Bonchev–Trinajstić information content (AvgIpc) is 2.53. The zero-order valence-electron chi connectivity index (χ0n) is 12.2. The van der Waals surface area contributed by atoms with Gasteiger partial charge in [0.05, 0.1) is 5.56 Å². The molecule has 0 radical (unpaired) electrons. The van der Waals surface area contributed by atoms with Crippen molar-refractivity contribution in [1.29, 1.82) is 0 Å². The summed E-state index contributed by atoms with van der Waals surface area (Å²) >= 11 is 0. The second kappa shape index (κ2) is 5.74. The molecule has 2 aromatic carbocycles. The van der Waals surface area contributed by atoms with Gasteiger partial charge in [-0.1, -0.05) is 31.2 Å². The first-order valence-electron chi connectivity index (χ1n) is 7.42. The van der Waals surface area contributed by atoms with Crippen LogP contribution in [0.4, 0.5) is 0 Å². The largest absolute Gasteiger partial charge is 0.507 e. The molecular formula is C17H20N2O2. The average molecular weight is 284 g/mol. The summed E-state index contributed by atoms with van der Waals surface area (Å²) < 4.78 is 0. The molecule has 0 spiro atoms. The molecular weight excluding hydrogens is 264 g/mol. The molecule has 1 heterocycles. The van der Waals surface area contributed by atoms with Crippen LogP contribution in [0.2, 0.25) is 0 Å². The van der Waals surface area contributed by atoms with Crippen LogP contribution in [0.3, 0.4) is 0 Å². The van der Waals surface area contributed by atoms with Gasteiger partial charge >= 0.3 is 0 Å². The predicted octanol–water partition coefficient (Wildman–Crippen LogP) is 2.32. The van der Waals surface area contributed by atoms with Crippen molar-refractivity contribution in [3.63, 3.8) is 0 Å². The molecule has 0 unspecified atom stereocenters. The molecule has 0 atom stereocenters. The zero-order valence-corrected chi connectivity index (χ0v) is 12.2. The number of carbonyl (C=O) groups excluding carboxylic acids is 1. The molecule has 1 amide bonds. The predicted molar refractivity (Wildman–Crippen MR) is 83.6 cm³/mol. The van der Waals surface area contributed by atoms with Crippen LogP contribution >= 0.6 is 0 Å². The molecule has 1 aliphatic rings. The first-order valence-corrected chi connectivity index (χ1v) is 7.42. The normalized spacial score (nSPS) is 16.3. The second-order valence-electron chi connectivity index (χ2n) is 5.44. The first-order chi connectivity index (χ1) is 10.2. The smallest absolute Gasteiger partial charge is 0.257 e. The van der Waals surface area contributed by atoms with E-state index in [-0.39, 0.29) is 11.7 Å². The SMILES string of the molecule is CCN1CCN(C(=O)c2cc3ccccc3cc2O)CC1. The Morgan fingerprint density at radius 1 is 1.10 bits per heavy atom. The Balaban J connectivity index is 1.86. The number of fused-ring (bicyclic) bond motifs is 1. The van der Waals surface area contributed by atoms with Crippen molar-refractivity contribution in [2.45, 2.75) is 6.92 Å². The van der Waals surface area contributed by atoms with Crippen molar-refractivity contribution in [3.8, 4) is 5.75 Å². The summed E-state index contributed by atoms with van der Waals surface area (Å²) in [4.78, 5) is 16.8. The van der Waals surface area contributed by atoms with Gasteiger partial charge in [-0.3, -0.25) is 4.79 Å². The summed E-state index contributed by atoms with van der Waals surface area (Å²) in [6.07, 6.45) is 0. The summed E-state index contributed by atoms with van der Waals surface area (Å²) in [5.41, 5.74) is 0.402. The van der Waals surface area contributed by atoms with Crippen molar-refractivity contribution in [3.05, 3.63) is 42.0 Å². The van der Waals surface area contributed by atoms with Crippen molar-refractivity contribution in [2.24, 2.45) is 0 Å². The summed E-state index contributed by atoms with van der Waals surface area (Å²) in [6.45, 7) is 6.39. The van der Waals surface area contributed by atoms with E-state index in [0.29, 0.717) is 5.56 Å². The van der Waals surface area contributed by atoms with E-state index in [0.717, 1.165) is 43.5 Å². The Labute approximate surface area is 124 Å². The maximum Gasteiger partial charge on any atom is 0.257 e. The molecule has 110 valence electrons. The molecule has 2 aromatic rings. The molecule has 0 bridgehead atoms. The molecule has 0 saturated carbocycles. The minimum absolute atomic E-state index is 0.0663. The highest BCUT2D eigenvalue weighted by Gasteiger charge is 2.23. The van der Waals surface area contributed by atoms with Crippen LogP contribution in [0.1, 0.15) is 17.3 Å². The fourth-order valence-electron chi connectivity index (χ4n) is 2.84. The van der Waals surface area contributed by atoms with E-state index in [2.05, 4.69) is 11.8 Å². The summed E-state index contributed by atoms with van der Waals surface area (Å²) in [5, 5.41) is 12.1. The summed E-state index contributed by atoms with van der Waals surface area (Å²) in [5.74, 6) is -0.00868. The lowest BCUT2D eigenvalue weighted by molar-refractivity contribution is 0.0640. The number of hydrogen-bond donors (Lipinski definition) is 1. The van der Waals surface area contributed by atoms with E-state index >= 15 is 0 Å². The highest BCUT2D eigenvalue weighted by atomic mass is 16.3. The number of benzene rings is 2. The van der Waals surface area contributed by atoms with Gasteiger partial charge in [-0.15, -0.1) is 0 Å². The van der Waals surface area contributed by atoms with Gasteiger partial charge in [0.15, 0.2) is 0 Å². The number of hydrogen-bond acceptors (Lipinski definition) is 3. The topological polar surface area (TPSA) is 43.8 Å². The van der Waals surface area contributed by atoms with Crippen molar-refractivity contribution in [2.75, 3.05) is 32.7 Å². The third-order valence-electron chi connectivity index (χ3n) is 4.20. The Bertz CT molecular complexity index is 661. The Hall–Kier alpha value is -2.07. The number of nitrogens with zero attached hydrogens (tertiary/aromatic N) is 2. The summed E-state index contributed by atoms with van der Waals surface area (Å²) in [6, 6.07) is 11.2. The number of carbonyl (C=O) groups is 1. The van der Waals surface area contributed by atoms with Gasteiger partial charge in [-0.2, -0.15) is 0 Å². The Morgan fingerprint density at radius 2 is 1.71 bits per heavy atom. The van der Waals surface area contributed by atoms with Crippen LogP contribution in [-0.4, -0.2) is 53.5 Å². The van der Waals surface area contributed by atoms with E-state index < -0.39 is 0 Å². The van der Waals surface area contributed by atoms with Crippen LogP contribution < -0.4 is 0 Å². The second-order valence-corrected chi connectivity index (χ2v) is 5.44. The highest BCUT2D eigenvalue weighted by molar-refractivity contribution is 6.01. The molecule has 1 N–H and O–H groups in total. The third-order valence-corrected chi connectivity index (χ3v) is 4.20. The molecule has 0 aromatic heterocycles. The fraction of sp³-hybridized carbons (Fsp3) is 0.353. The molecule has 1 fully saturated rings. The van der Waals surface area contributed by atoms with Gasteiger partial charge in [0.2, 0.25) is 0 Å². The minimum atomic E-state index is -0.0750. The maximum atomic E-state index is 12.6. The Kier molecular flexibility index (Phi) is 3.80. The van der Waals surface area contributed by atoms with E-state index in [1.807, 2.05) is 29.2 Å². The standard InChI is InChI=1S/C17H20N2O2/c1-2-18-7-9-19(10-8-18)17(21)15-11-13-5-3-4-6-14(13)12-16(15)20/h3-6,11-12,20H,2,7-10H2,1H3. The molecule has 4 nitrogen and oxygen atoms in total. The van der Waals surface area contributed by atoms with Crippen molar-refractivity contribution < 1.29 is 9.90 Å². The highest BCUT2D eigenvalue weighted by Crippen LogP contribution is 2.26. The van der Waals surface area contributed by atoms with E-state index in [1.165, 1.54) is 0 Å². The third kappa shape index (κ3) is 2.72. The molecule has 0 aliphatic carbocycles. The lowest BCUT2D eigenvalue weighted by Gasteiger charge is -2.34. The van der Waals surface area contributed by atoms with E-state index in [4.69, 9.17) is 0 Å². The Morgan fingerprint density at radius 3 is 2.33 bits per heavy atom. The lowest BCUT2D eigenvalue weighted by atomic mass is 10.0. The monoisotopic (exact) mass is 284 g/mol. The van der Waals surface area contributed by atoms with Crippen LogP contribution in [0.15, 0.2) is 36.4 Å². The minimum Gasteiger partial charge on any atom is -0.507 e. The van der Waals surface area contributed by atoms with Gasteiger partial charge in [0.1, 0.15) is 5.75 Å². The summed E-state index contributed by atoms with van der Waals surface area (Å²) in [7, 11) is 0. The van der Waals surface area contributed by atoms with Gasteiger partial charge in [-0.05, 0) is 29.4 Å². The van der Waals surface area contributed by atoms with Crippen LogP contribution in [0, 0.1) is 0 Å². The fourth-order valence-corrected chi connectivity index (χ4v) is 2.84. The number of aromatic hydroxyl groups is 1. The molecule has 1 aliphatic heterocycles. The van der Waals surface area contributed by atoms with Gasteiger partial charge in [-0.25, -0.2) is 0 Å². The van der Waals surface area contributed by atoms with Gasteiger partial charge in [0.25, 0.3) is 5.91 Å². The van der Waals surface area contributed by atoms with Crippen LogP contribution in [0.25, 0.3) is 10.8 Å². The maximum absolute atomic E-state index is 12.6. The molecule has 21 heavy (non-hydrogen) atoms. The number of phenols is 1. The molecule has 1 saturated heterocycles.